The van der Waals surface area contributed by atoms with Crippen LogP contribution in [0.4, 0.5) is 5.69 Å². The largest absolute Gasteiger partial charge is 0.380 e. The Morgan fingerprint density at radius 1 is 1.30 bits per heavy atom. The van der Waals surface area contributed by atoms with Crippen LogP contribution >= 0.6 is 28.6 Å². The summed E-state index contributed by atoms with van der Waals surface area (Å²) in [6.07, 6.45) is 0. The molecule has 0 radical (unpaired) electrons. The third-order valence-electron chi connectivity index (χ3n) is 2.76. The van der Waals surface area contributed by atoms with E-state index >= 15 is 0 Å². The molecule has 0 heterocycles. The minimum atomic E-state index is -0.184. The van der Waals surface area contributed by atoms with Crippen molar-refractivity contribution in [1.29, 1.82) is 0 Å². The predicted octanol–water partition coefficient (Wildman–Crippen LogP) is 4.14. The Morgan fingerprint density at radius 2 is 2.05 bits per heavy atom. The maximum Gasteiger partial charge on any atom is 0.256 e. The number of anilines is 1. The van der Waals surface area contributed by atoms with Gasteiger partial charge in [0, 0.05) is 27.7 Å². The van der Waals surface area contributed by atoms with Gasteiger partial charge in [0.25, 0.3) is 5.91 Å². The zero-order chi connectivity index (χ0) is 14.5. The molecule has 2 aromatic rings. The van der Waals surface area contributed by atoms with Crippen molar-refractivity contribution in [3.63, 3.8) is 0 Å². The molecular formula is C15H14BrNO2S. The maximum absolute atomic E-state index is 12.3. The molecule has 0 aromatic heterocycles. The van der Waals surface area contributed by atoms with Crippen LogP contribution < -0.4 is 5.32 Å². The molecule has 0 fully saturated rings. The van der Waals surface area contributed by atoms with E-state index in [4.69, 9.17) is 4.74 Å². The topological polar surface area (TPSA) is 38.3 Å². The van der Waals surface area contributed by atoms with E-state index in [1.807, 2.05) is 30.3 Å². The van der Waals surface area contributed by atoms with E-state index in [0.717, 1.165) is 20.6 Å². The van der Waals surface area contributed by atoms with E-state index in [0.29, 0.717) is 12.2 Å². The van der Waals surface area contributed by atoms with Crippen molar-refractivity contribution in [2.75, 3.05) is 12.4 Å². The number of nitrogens with one attached hydrogen (secondary N) is 1. The van der Waals surface area contributed by atoms with Crippen molar-refractivity contribution in [2.45, 2.75) is 11.5 Å². The standard InChI is InChI=1S/C15H14BrNO2S/c1-19-9-10-4-2-3-5-14(10)17-15(18)12-8-11(20)6-7-13(12)16/h2-8,20H,9H2,1H3,(H,17,18). The van der Waals surface area contributed by atoms with E-state index in [1.165, 1.54) is 0 Å². The van der Waals surface area contributed by atoms with E-state index < -0.39 is 0 Å². The first-order valence-electron chi connectivity index (χ1n) is 5.98. The Morgan fingerprint density at radius 3 is 2.80 bits per heavy atom. The number of halogens is 1. The van der Waals surface area contributed by atoms with Gasteiger partial charge in [-0.25, -0.2) is 0 Å². The van der Waals surface area contributed by atoms with Crippen LogP contribution in [0.25, 0.3) is 0 Å². The number of hydrogen-bond donors (Lipinski definition) is 2. The first-order valence-corrected chi connectivity index (χ1v) is 7.22. The lowest BCUT2D eigenvalue weighted by molar-refractivity contribution is 0.102. The van der Waals surface area contributed by atoms with Gasteiger partial charge in [-0.3, -0.25) is 4.79 Å². The van der Waals surface area contributed by atoms with Crippen LogP contribution in [0.5, 0.6) is 0 Å². The summed E-state index contributed by atoms with van der Waals surface area (Å²) < 4.78 is 5.86. The summed E-state index contributed by atoms with van der Waals surface area (Å²) in [5, 5.41) is 2.90. The number of amides is 1. The van der Waals surface area contributed by atoms with Crippen molar-refractivity contribution >= 4 is 40.2 Å². The van der Waals surface area contributed by atoms with E-state index in [9.17, 15) is 4.79 Å². The van der Waals surface area contributed by atoms with Gasteiger partial charge in [0.2, 0.25) is 0 Å². The summed E-state index contributed by atoms with van der Waals surface area (Å²) in [4.78, 5) is 13.1. The first kappa shape index (κ1) is 15.1. The third-order valence-corrected chi connectivity index (χ3v) is 3.73. The van der Waals surface area contributed by atoms with Gasteiger partial charge in [-0.2, -0.15) is 0 Å². The molecule has 1 amide bonds. The number of benzene rings is 2. The molecule has 20 heavy (non-hydrogen) atoms. The number of ether oxygens (including phenoxy) is 1. The monoisotopic (exact) mass is 351 g/mol. The molecule has 0 unspecified atom stereocenters. The van der Waals surface area contributed by atoms with Crippen molar-refractivity contribution in [2.24, 2.45) is 0 Å². The third kappa shape index (κ3) is 3.62. The fourth-order valence-corrected chi connectivity index (χ4v) is 2.43. The van der Waals surface area contributed by atoms with Crippen molar-refractivity contribution in [3.05, 3.63) is 58.1 Å². The molecule has 0 saturated carbocycles. The van der Waals surface area contributed by atoms with Gasteiger partial charge in [0.05, 0.1) is 12.2 Å². The van der Waals surface area contributed by atoms with Gasteiger partial charge in [0.15, 0.2) is 0 Å². The molecule has 5 heteroatoms. The Balaban J connectivity index is 2.26. The van der Waals surface area contributed by atoms with Crippen LogP contribution in [0.2, 0.25) is 0 Å². The van der Waals surface area contributed by atoms with E-state index in [2.05, 4.69) is 33.9 Å². The Bertz CT molecular complexity index is 631. The normalized spacial score (nSPS) is 10.3. The first-order chi connectivity index (χ1) is 9.61. The molecule has 0 spiro atoms. The fraction of sp³-hybridized carbons (Fsp3) is 0.133. The second-order valence-corrected chi connectivity index (χ2v) is 5.58. The summed E-state index contributed by atoms with van der Waals surface area (Å²) in [6, 6.07) is 12.9. The van der Waals surface area contributed by atoms with Gasteiger partial charge >= 0.3 is 0 Å². The SMILES string of the molecule is COCc1ccccc1NC(=O)c1cc(S)ccc1Br. The number of thiol groups is 1. The molecular weight excluding hydrogens is 338 g/mol. The highest BCUT2D eigenvalue weighted by atomic mass is 79.9. The molecule has 0 aliphatic rings. The molecule has 0 aliphatic heterocycles. The number of rotatable bonds is 4. The van der Waals surface area contributed by atoms with Crippen LogP contribution in [0.1, 0.15) is 15.9 Å². The molecule has 0 saturated heterocycles. The molecule has 2 aromatic carbocycles. The lowest BCUT2D eigenvalue weighted by atomic mass is 10.1. The molecule has 104 valence electrons. The summed E-state index contributed by atoms with van der Waals surface area (Å²) in [6.45, 7) is 0.449. The number of methoxy groups -OCH3 is 1. The Hall–Kier alpha value is -1.30. The zero-order valence-electron chi connectivity index (χ0n) is 10.9. The zero-order valence-corrected chi connectivity index (χ0v) is 13.4. The summed E-state index contributed by atoms with van der Waals surface area (Å²) in [5.74, 6) is -0.184. The smallest absolute Gasteiger partial charge is 0.256 e. The van der Waals surface area contributed by atoms with Crippen LogP contribution in [0.15, 0.2) is 51.8 Å². The average Bonchev–Trinajstić information content (AvgIpc) is 2.44. The average molecular weight is 352 g/mol. The van der Waals surface area contributed by atoms with Crippen molar-refractivity contribution < 1.29 is 9.53 Å². The number of carbonyl (C=O) groups excluding carboxylic acids is 1. The Kier molecular flexibility index (Phi) is 5.23. The number of hydrogen-bond acceptors (Lipinski definition) is 3. The molecule has 0 bridgehead atoms. The highest BCUT2D eigenvalue weighted by Gasteiger charge is 2.12. The van der Waals surface area contributed by atoms with Gasteiger partial charge in [-0.15, -0.1) is 12.6 Å². The van der Waals surface area contributed by atoms with Gasteiger partial charge in [-0.1, -0.05) is 18.2 Å². The quantitative estimate of drug-likeness (QED) is 0.812. The minimum absolute atomic E-state index is 0.184. The van der Waals surface area contributed by atoms with Crippen molar-refractivity contribution in [1.82, 2.24) is 0 Å². The highest BCUT2D eigenvalue weighted by Crippen LogP contribution is 2.23. The fourth-order valence-electron chi connectivity index (χ4n) is 1.80. The molecule has 3 nitrogen and oxygen atoms in total. The van der Waals surface area contributed by atoms with Crippen LogP contribution in [0, 0.1) is 0 Å². The number of para-hydroxylation sites is 1. The van der Waals surface area contributed by atoms with E-state index in [1.54, 1.807) is 19.2 Å². The van der Waals surface area contributed by atoms with Crippen molar-refractivity contribution in [3.8, 4) is 0 Å². The maximum atomic E-state index is 12.3. The van der Waals surface area contributed by atoms with Gasteiger partial charge in [-0.05, 0) is 40.2 Å². The lowest BCUT2D eigenvalue weighted by Crippen LogP contribution is -2.14. The van der Waals surface area contributed by atoms with E-state index in [-0.39, 0.29) is 5.91 Å². The van der Waals surface area contributed by atoms with Crippen LogP contribution in [0.3, 0.4) is 0 Å². The highest BCUT2D eigenvalue weighted by molar-refractivity contribution is 9.10. The lowest BCUT2D eigenvalue weighted by Gasteiger charge is -2.11. The summed E-state index contributed by atoms with van der Waals surface area (Å²) >= 11 is 7.63. The second-order valence-electron chi connectivity index (χ2n) is 4.21. The molecule has 0 atom stereocenters. The van der Waals surface area contributed by atoms with Crippen LogP contribution in [-0.4, -0.2) is 13.0 Å². The summed E-state index contributed by atoms with van der Waals surface area (Å²) in [5.41, 5.74) is 2.22. The Labute approximate surface area is 131 Å². The van der Waals surface area contributed by atoms with Gasteiger partial charge in [0.1, 0.15) is 0 Å². The predicted molar refractivity (Wildman–Crippen MR) is 86.5 cm³/mol. The molecule has 1 N–H and O–H groups in total. The summed E-state index contributed by atoms with van der Waals surface area (Å²) in [7, 11) is 1.62. The minimum Gasteiger partial charge on any atom is -0.380 e. The van der Waals surface area contributed by atoms with Gasteiger partial charge < -0.3 is 10.1 Å². The number of carbonyl (C=O) groups is 1. The molecule has 2 rings (SSSR count). The van der Waals surface area contributed by atoms with Crippen LogP contribution in [-0.2, 0) is 11.3 Å². The second kappa shape index (κ2) is 6.92. The molecule has 0 aliphatic carbocycles.